The van der Waals surface area contributed by atoms with Crippen molar-refractivity contribution in [3.63, 3.8) is 0 Å². The van der Waals surface area contributed by atoms with Crippen LogP contribution < -0.4 is 16.0 Å². The molecule has 0 saturated heterocycles. The monoisotopic (exact) mass is 457 g/mol. The Morgan fingerprint density at radius 3 is 2.09 bits per heavy atom. The highest BCUT2D eigenvalue weighted by atomic mass is 35.5. The number of carbonyl (C=O) groups excluding carboxylic acids is 1. The van der Waals surface area contributed by atoms with E-state index in [1.807, 2.05) is 80.6 Å². The van der Waals surface area contributed by atoms with Crippen LogP contribution in [0.4, 0.5) is 28.8 Å². The molecule has 4 aromatic rings. The zero-order chi connectivity index (χ0) is 23.2. The van der Waals surface area contributed by atoms with Gasteiger partial charge in [0.2, 0.25) is 11.9 Å². The molecule has 166 valence electrons. The summed E-state index contributed by atoms with van der Waals surface area (Å²) in [5.74, 6) is 1.11. The largest absolute Gasteiger partial charge is 0.340 e. The molecule has 7 heteroatoms. The SMILES string of the molecule is Cc1ccc(Nc2nc(C)cc(Nc3ccc(NC(=O)Cc4ccc(Cl)cc4)cc3)n2)cc1. The molecular weight excluding hydrogens is 434 g/mol. The lowest BCUT2D eigenvalue weighted by Gasteiger charge is -2.11. The standard InChI is InChI=1S/C26H24ClN5O/c1-17-3-9-23(10-4-17)31-26-28-18(2)15-24(32-26)29-21-11-13-22(14-12-21)30-25(33)16-19-5-7-20(27)8-6-19/h3-15H,16H2,1-2H3,(H,30,33)(H2,28,29,31,32). The van der Waals surface area contributed by atoms with Gasteiger partial charge in [-0.25, -0.2) is 4.98 Å². The van der Waals surface area contributed by atoms with Crippen LogP contribution in [0.5, 0.6) is 0 Å². The summed E-state index contributed by atoms with van der Waals surface area (Å²) >= 11 is 5.89. The molecule has 0 spiro atoms. The molecule has 0 fully saturated rings. The van der Waals surface area contributed by atoms with Gasteiger partial charge >= 0.3 is 0 Å². The van der Waals surface area contributed by atoms with Gasteiger partial charge in [0, 0.05) is 33.8 Å². The molecule has 1 aromatic heterocycles. The fourth-order valence-electron chi connectivity index (χ4n) is 3.23. The molecule has 0 unspecified atom stereocenters. The van der Waals surface area contributed by atoms with E-state index in [4.69, 9.17) is 11.6 Å². The summed E-state index contributed by atoms with van der Waals surface area (Å²) in [5.41, 5.74) is 5.44. The molecule has 0 saturated carbocycles. The second-order valence-electron chi connectivity index (χ2n) is 7.76. The van der Waals surface area contributed by atoms with Gasteiger partial charge in [-0.15, -0.1) is 0 Å². The van der Waals surface area contributed by atoms with E-state index in [2.05, 4.69) is 25.9 Å². The van der Waals surface area contributed by atoms with Crippen molar-refractivity contribution in [2.45, 2.75) is 20.3 Å². The van der Waals surface area contributed by atoms with Crippen molar-refractivity contribution in [2.24, 2.45) is 0 Å². The Morgan fingerprint density at radius 1 is 0.788 bits per heavy atom. The normalized spacial score (nSPS) is 10.5. The number of nitrogens with zero attached hydrogens (tertiary/aromatic N) is 2. The molecule has 33 heavy (non-hydrogen) atoms. The smallest absolute Gasteiger partial charge is 0.229 e. The quantitative estimate of drug-likeness (QED) is 0.298. The Hall–Kier alpha value is -3.90. The number of aromatic nitrogens is 2. The maximum absolute atomic E-state index is 12.3. The highest BCUT2D eigenvalue weighted by molar-refractivity contribution is 6.30. The van der Waals surface area contributed by atoms with Crippen molar-refractivity contribution in [1.29, 1.82) is 0 Å². The Morgan fingerprint density at radius 2 is 1.39 bits per heavy atom. The van der Waals surface area contributed by atoms with Gasteiger partial charge in [0.1, 0.15) is 5.82 Å². The molecule has 1 heterocycles. The van der Waals surface area contributed by atoms with E-state index in [-0.39, 0.29) is 12.3 Å². The Kier molecular flexibility index (Phi) is 6.86. The van der Waals surface area contributed by atoms with Crippen LogP contribution in [0.25, 0.3) is 0 Å². The summed E-state index contributed by atoms with van der Waals surface area (Å²) in [6, 6.07) is 24.7. The van der Waals surface area contributed by atoms with Crippen molar-refractivity contribution < 1.29 is 4.79 Å². The van der Waals surface area contributed by atoms with E-state index in [0.29, 0.717) is 16.8 Å². The number of halogens is 1. The maximum Gasteiger partial charge on any atom is 0.229 e. The van der Waals surface area contributed by atoms with Crippen LogP contribution in [0, 0.1) is 13.8 Å². The predicted molar refractivity (Wildman–Crippen MR) is 135 cm³/mol. The summed E-state index contributed by atoms with van der Waals surface area (Å²) in [7, 11) is 0. The Bertz CT molecular complexity index is 1240. The number of aryl methyl sites for hydroxylation is 2. The van der Waals surface area contributed by atoms with Crippen molar-refractivity contribution in [2.75, 3.05) is 16.0 Å². The minimum Gasteiger partial charge on any atom is -0.340 e. The average Bonchev–Trinajstić information content (AvgIpc) is 2.78. The highest BCUT2D eigenvalue weighted by Gasteiger charge is 2.06. The van der Waals surface area contributed by atoms with Crippen molar-refractivity contribution in [3.8, 4) is 0 Å². The second-order valence-corrected chi connectivity index (χ2v) is 8.20. The van der Waals surface area contributed by atoms with E-state index >= 15 is 0 Å². The van der Waals surface area contributed by atoms with Gasteiger partial charge < -0.3 is 16.0 Å². The molecule has 1 amide bonds. The zero-order valence-electron chi connectivity index (χ0n) is 18.4. The third-order valence-electron chi connectivity index (χ3n) is 4.88. The minimum absolute atomic E-state index is 0.0868. The number of anilines is 5. The van der Waals surface area contributed by atoms with Gasteiger partial charge in [0.25, 0.3) is 0 Å². The van der Waals surface area contributed by atoms with Gasteiger partial charge in [-0.2, -0.15) is 4.98 Å². The molecule has 0 radical (unpaired) electrons. The van der Waals surface area contributed by atoms with Gasteiger partial charge in [-0.05, 0) is 67.9 Å². The minimum atomic E-state index is -0.0868. The lowest BCUT2D eigenvalue weighted by Crippen LogP contribution is -2.14. The Labute approximate surface area is 198 Å². The molecule has 4 rings (SSSR count). The molecule has 0 aliphatic rings. The molecule has 3 aromatic carbocycles. The van der Waals surface area contributed by atoms with Crippen LogP contribution in [0.2, 0.25) is 5.02 Å². The third kappa shape index (κ3) is 6.54. The van der Waals surface area contributed by atoms with Crippen molar-refractivity contribution in [3.05, 3.63) is 101 Å². The fourth-order valence-corrected chi connectivity index (χ4v) is 3.36. The number of hydrogen-bond acceptors (Lipinski definition) is 5. The second kappa shape index (κ2) is 10.1. The zero-order valence-corrected chi connectivity index (χ0v) is 19.1. The fraction of sp³-hybridized carbons (Fsp3) is 0.115. The van der Waals surface area contributed by atoms with E-state index in [1.165, 1.54) is 5.56 Å². The summed E-state index contributed by atoms with van der Waals surface area (Å²) in [6.45, 7) is 3.97. The summed E-state index contributed by atoms with van der Waals surface area (Å²) in [6.07, 6.45) is 0.286. The first-order chi connectivity index (χ1) is 15.9. The topological polar surface area (TPSA) is 78.9 Å². The van der Waals surface area contributed by atoms with Crippen LogP contribution in [0.15, 0.2) is 78.9 Å². The van der Waals surface area contributed by atoms with E-state index in [9.17, 15) is 4.79 Å². The van der Waals surface area contributed by atoms with Crippen LogP contribution in [-0.4, -0.2) is 15.9 Å². The van der Waals surface area contributed by atoms with Crippen LogP contribution >= 0.6 is 11.6 Å². The summed E-state index contributed by atoms with van der Waals surface area (Å²) in [4.78, 5) is 21.3. The number of hydrogen-bond donors (Lipinski definition) is 3. The number of amides is 1. The lowest BCUT2D eigenvalue weighted by molar-refractivity contribution is -0.115. The molecular formula is C26H24ClN5O. The number of nitrogens with one attached hydrogen (secondary N) is 3. The molecule has 0 aliphatic carbocycles. The highest BCUT2D eigenvalue weighted by Crippen LogP contribution is 2.21. The predicted octanol–water partition coefficient (Wildman–Crippen LogP) is 6.42. The van der Waals surface area contributed by atoms with E-state index < -0.39 is 0 Å². The number of benzene rings is 3. The first-order valence-electron chi connectivity index (χ1n) is 10.5. The van der Waals surface area contributed by atoms with Gasteiger partial charge in [-0.1, -0.05) is 41.4 Å². The molecule has 0 aliphatic heterocycles. The lowest BCUT2D eigenvalue weighted by atomic mass is 10.1. The summed E-state index contributed by atoms with van der Waals surface area (Å²) in [5, 5.41) is 10.1. The third-order valence-corrected chi connectivity index (χ3v) is 5.13. The van der Waals surface area contributed by atoms with Gasteiger partial charge in [0.15, 0.2) is 0 Å². The van der Waals surface area contributed by atoms with Crippen molar-refractivity contribution >= 4 is 46.3 Å². The summed E-state index contributed by atoms with van der Waals surface area (Å²) < 4.78 is 0. The van der Waals surface area contributed by atoms with Crippen LogP contribution in [-0.2, 0) is 11.2 Å². The number of carbonyl (C=O) groups is 1. The van der Waals surface area contributed by atoms with Crippen molar-refractivity contribution in [1.82, 2.24) is 9.97 Å². The van der Waals surface area contributed by atoms with Gasteiger partial charge in [0.05, 0.1) is 6.42 Å². The van der Waals surface area contributed by atoms with E-state index in [1.54, 1.807) is 12.1 Å². The van der Waals surface area contributed by atoms with Gasteiger partial charge in [-0.3, -0.25) is 4.79 Å². The first kappa shape index (κ1) is 22.3. The average molecular weight is 458 g/mol. The molecule has 6 nitrogen and oxygen atoms in total. The molecule has 3 N–H and O–H groups in total. The number of rotatable bonds is 7. The van der Waals surface area contributed by atoms with Crippen LogP contribution in [0.3, 0.4) is 0 Å². The Balaban J connectivity index is 1.38. The maximum atomic E-state index is 12.3. The van der Waals surface area contributed by atoms with E-state index in [0.717, 1.165) is 28.3 Å². The molecule has 0 bridgehead atoms. The van der Waals surface area contributed by atoms with Crippen LogP contribution in [0.1, 0.15) is 16.8 Å². The first-order valence-corrected chi connectivity index (χ1v) is 10.9. The molecule has 0 atom stereocenters.